The molecule has 1 aromatic rings. The summed E-state index contributed by atoms with van der Waals surface area (Å²) in [6, 6.07) is 6.59. The van der Waals surface area contributed by atoms with E-state index in [0.717, 1.165) is 31.6 Å². The highest BCUT2D eigenvalue weighted by molar-refractivity contribution is 5.35. The maximum atomic E-state index is 10.1. The minimum absolute atomic E-state index is 0.172. The molecule has 2 atom stereocenters. The van der Waals surface area contributed by atoms with Gasteiger partial charge in [0.15, 0.2) is 0 Å². The second-order valence-electron chi connectivity index (χ2n) is 6.02. The predicted molar refractivity (Wildman–Crippen MR) is 82.3 cm³/mol. The van der Waals surface area contributed by atoms with Crippen LogP contribution in [0, 0.1) is 13.8 Å². The molecule has 0 aliphatic heterocycles. The maximum absolute atomic E-state index is 10.1. The second kappa shape index (κ2) is 7.09. The average molecular weight is 277 g/mol. The van der Waals surface area contributed by atoms with Gasteiger partial charge in [-0.3, -0.25) is 4.90 Å². The third-order valence-electron chi connectivity index (χ3n) is 4.31. The van der Waals surface area contributed by atoms with Gasteiger partial charge in [0.25, 0.3) is 0 Å². The molecular formula is C17H27NO2. The first kappa shape index (κ1) is 15.3. The molecule has 1 N–H and O–H groups in total. The first-order valence-corrected chi connectivity index (χ1v) is 7.66. The van der Waals surface area contributed by atoms with Crippen molar-refractivity contribution in [1.82, 2.24) is 4.90 Å². The van der Waals surface area contributed by atoms with E-state index >= 15 is 0 Å². The zero-order valence-corrected chi connectivity index (χ0v) is 12.9. The maximum Gasteiger partial charge on any atom is 0.122 e. The molecule has 0 aromatic heterocycles. The molecule has 0 bridgehead atoms. The first-order chi connectivity index (χ1) is 9.58. The van der Waals surface area contributed by atoms with Crippen LogP contribution in [-0.2, 0) is 0 Å². The van der Waals surface area contributed by atoms with Crippen molar-refractivity contribution in [3.05, 3.63) is 29.3 Å². The van der Waals surface area contributed by atoms with Gasteiger partial charge in [0, 0.05) is 12.6 Å². The van der Waals surface area contributed by atoms with Gasteiger partial charge >= 0.3 is 0 Å². The van der Waals surface area contributed by atoms with Crippen LogP contribution in [0.2, 0.25) is 0 Å². The highest BCUT2D eigenvalue weighted by Crippen LogP contribution is 2.23. The van der Waals surface area contributed by atoms with Gasteiger partial charge in [-0.2, -0.15) is 0 Å². The largest absolute Gasteiger partial charge is 0.492 e. The smallest absolute Gasteiger partial charge is 0.122 e. The van der Waals surface area contributed by atoms with Gasteiger partial charge in [-0.1, -0.05) is 25.0 Å². The predicted octanol–water partition coefficient (Wildman–Crippen LogP) is 2.92. The molecule has 1 aliphatic carbocycles. The monoisotopic (exact) mass is 277 g/mol. The number of likely N-dealkylation sites (N-methyl/N-ethyl adjacent to an activating group) is 1. The Morgan fingerprint density at radius 2 is 2.00 bits per heavy atom. The summed E-state index contributed by atoms with van der Waals surface area (Å²) >= 11 is 0. The van der Waals surface area contributed by atoms with Crippen molar-refractivity contribution in [2.45, 2.75) is 51.7 Å². The zero-order chi connectivity index (χ0) is 14.5. The third-order valence-corrected chi connectivity index (χ3v) is 4.31. The normalized spacial score (nSPS) is 23.1. The van der Waals surface area contributed by atoms with Gasteiger partial charge in [0.05, 0.1) is 6.10 Å². The third kappa shape index (κ3) is 3.97. The minimum atomic E-state index is -0.172. The Bertz CT molecular complexity index is 433. The SMILES string of the molecule is Cc1ccc(C)c(OCCN(C)C2CCCCC2O)c1. The van der Waals surface area contributed by atoms with E-state index in [4.69, 9.17) is 4.74 Å². The molecule has 1 fully saturated rings. The van der Waals surface area contributed by atoms with E-state index in [0.29, 0.717) is 12.6 Å². The lowest BCUT2D eigenvalue weighted by molar-refractivity contribution is 0.0272. The summed E-state index contributed by atoms with van der Waals surface area (Å²) in [5, 5.41) is 10.1. The van der Waals surface area contributed by atoms with Crippen LogP contribution in [0.25, 0.3) is 0 Å². The molecule has 2 unspecified atom stereocenters. The van der Waals surface area contributed by atoms with Crippen molar-refractivity contribution in [3.63, 3.8) is 0 Å². The van der Waals surface area contributed by atoms with Crippen LogP contribution in [0.3, 0.4) is 0 Å². The molecule has 3 heteroatoms. The summed E-state index contributed by atoms with van der Waals surface area (Å²) in [5.41, 5.74) is 2.40. The van der Waals surface area contributed by atoms with Gasteiger partial charge in [-0.25, -0.2) is 0 Å². The Morgan fingerprint density at radius 1 is 1.25 bits per heavy atom. The summed E-state index contributed by atoms with van der Waals surface area (Å²) in [5.74, 6) is 0.975. The van der Waals surface area contributed by atoms with E-state index in [9.17, 15) is 5.11 Å². The fourth-order valence-electron chi connectivity index (χ4n) is 2.93. The summed E-state index contributed by atoms with van der Waals surface area (Å²) < 4.78 is 5.89. The van der Waals surface area contributed by atoms with Gasteiger partial charge in [0.2, 0.25) is 0 Å². The van der Waals surface area contributed by atoms with Crippen molar-refractivity contribution in [3.8, 4) is 5.75 Å². The van der Waals surface area contributed by atoms with Gasteiger partial charge in [0.1, 0.15) is 12.4 Å². The lowest BCUT2D eigenvalue weighted by Crippen LogP contribution is -2.44. The van der Waals surface area contributed by atoms with Crippen molar-refractivity contribution in [1.29, 1.82) is 0 Å². The van der Waals surface area contributed by atoms with E-state index in [2.05, 4.69) is 44.0 Å². The quantitative estimate of drug-likeness (QED) is 0.898. The number of benzene rings is 1. The van der Waals surface area contributed by atoms with Gasteiger partial charge in [-0.05, 0) is 50.9 Å². The molecule has 0 heterocycles. The molecule has 1 saturated carbocycles. The van der Waals surface area contributed by atoms with Crippen LogP contribution in [0.15, 0.2) is 18.2 Å². The van der Waals surface area contributed by atoms with Crippen LogP contribution in [0.1, 0.15) is 36.8 Å². The molecule has 1 aliphatic rings. The first-order valence-electron chi connectivity index (χ1n) is 7.66. The van der Waals surface area contributed by atoms with Crippen LogP contribution < -0.4 is 4.74 Å². The van der Waals surface area contributed by atoms with E-state index in [1.165, 1.54) is 17.5 Å². The zero-order valence-electron chi connectivity index (χ0n) is 12.9. The van der Waals surface area contributed by atoms with E-state index in [1.54, 1.807) is 0 Å². The summed E-state index contributed by atoms with van der Waals surface area (Å²) in [6.07, 6.45) is 4.25. The van der Waals surface area contributed by atoms with Crippen molar-refractivity contribution in [2.75, 3.05) is 20.2 Å². The van der Waals surface area contributed by atoms with Crippen molar-refractivity contribution >= 4 is 0 Å². The van der Waals surface area contributed by atoms with Crippen LogP contribution in [0.4, 0.5) is 0 Å². The number of aliphatic hydroxyl groups excluding tert-OH is 1. The highest BCUT2D eigenvalue weighted by Gasteiger charge is 2.26. The minimum Gasteiger partial charge on any atom is -0.492 e. The Labute approximate surface area is 122 Å². The number of rotatable bonds is 5. The Morgan fingerprint density at radius 3 is 2.75 bits per heavy atom. The molecule has 1 aromatic carbocycles. The van der Waals surface area contributed by atoms with Crippen molar-refractivity contribution < 1.29 is 9.84 Å². The summed E-state index contributed by atoms with van der Waals surface area (Å²) in [4.78, 5) is 2.24. The Kier molecular flexibility index (Phi) is 5.44. The summed E-state index contributed by atoms with van der Waals surface area (Å²) in [7, 11) is 2.09. The Hall–Kier alpha value is -1.06. The number of ether oxygens (including phenoxy) is 1. The molecular weight excluding hydrogens is 250 g/mol. The number of aryl methyl sites for hydroxylation is 2. The van der Waals surface area contributed by atoms with Gasteiger partial charge in [-0.15, -0.1) is 0 Å². The number of nitrogens with zero attached hydrogens (tertiary/aromatic N) is 1. The van der Waals surface area contributed by atoms with Gasteiger partial charge < -0.3 is 9.84 Å². The molecule has 0 saturated heterocycles. The number of hydrogen-bond donors (Lipinski definition) is 1. The van der Waals surface area contributed by atoms with E-state index < -0.39 is 0 Å². The lowest BCUT2D eigenvalue weighted by Gasteiger charge is -2.35. The molecule has 2 rings (SSSR count). The molecule has 112 valence electrons. The Balaban J connectivity index is 1.81. The van der Waals surface area contributed by atoms with Crippen LogP contribution in [0.5, 0.6) is 5.75 Å². The second-order valence-corrected chi connectivity index (χ2v) is 6.02. The highest BCUT2D eigenvalue weighted by atomic mass is 16.5. The molecule has 0 radical (unpaired) electrons. The standard InChI is InChI=1S/C17H27NO2/c1-13-8-9-14(2)17(12-13)20-11-10-18(3)15-6-4-5-7-16(15)19/h8-9,12,15-16,19H,4-7,10-11H2,1-3H3. The van der Waals surface area contributed by atoms with Crippen molar-refractivity contribution in [2.24, 2.45) is 0 Å². The molecule has 20 heavy (non-hydrogen) atoms. The fraction of sp³-hybridized carbons (Fsp3) is 0.647. The summed E-state index contributed by atoms with van der Waals surface area (Å²) in [6.45, 7) is 5.68. The molecule has 0 amide bonds. The average Bonchev–Trinajstić information content (AvgIpc) is 2.43. The van der Waals surface area contributed by atoms with E-state index in [1.807, 2.05) is 0 Å². The molecule has 3 nitrogen and oxygen atoms in total. The van der Waals surface area contributed by atoms with Crippen LogP contribution in [-0.4, -0.2) is 42.4 Å². The fourth-order valence-corrected chi connectivity index (χ4v) is 2.93. The molecule has 0 spiro atoms. The number of aliphatic hydroxyl groups is 1. The lowest BCUT2D eigenvalue weighted by atomic mass is 9.92. The van der Waals surface area contributed by atoms with E-state index in [-0.39, 0.29) is 6.10 Å². The number of hydrogen-bond acceptors (Lipinski definition) is 3. The van der Waals surface area contributed by atoms with Crippen LogP contribution >= 0.6 is 0 Å². The topological polar surface area (TPSA) is 32.7 Å².